The molecule has 1 atom stereocenters. The van der Waals surface area contributed by atoms with Crippen molar-refractivity contribution in [3.8, 4) is 23.0 Å². The van der Waals surface area contributed by atoms with Gasteiger partial charge < -0.3 is 25.4 Å². The summed E-state index contributed by atoms with van der Waals surface area (Å²) < 4.78 is 0. The van der Waals surface area contributed by atoms with Gasteiger partial charge in [0.25, 0.3) is 17.7 Å². The zero-order chi connectivity index (χ0) is 41.4. The lowest BCUT2D eigenvalue weighted by Gasteiger charge is -2.33. The van der Waals surface area contributed by atoms with Crippen molar-refractivity contribution in [2.24, 2.45) is 0 Å². The summed E-state index contributed by atoms with van der Waals surface area (Å²) in [6, 6.07) is 17.3. The fourth-order valence-corrected chi connectivity index (χ4v) is 8.56. The number of nitrogens with one attached hydrogen (secondary N) is 4. The van der Waals surface area contributed by atoms with Crippen molar-refractivity contribution in [2.45, 2.75) is 77.8 Å². The van der Waals surface area contributed by atoms with E-state index in [4.69, 9.17) is 0 Å². The topological polar surface area (TPSA) is 157 Å². The van der Waals surface area contributed by atoms with Gasteiger partial charge in [-0.1, -0.05) is 44.7 Å². The first kappa shape index (κ1) is 39.1. The summed E-state index contributed by atoms with van der Waals surface area (Å²) in [5.74, 6) is 5.09. The van der Waals surface area contributed by atoms with Crippen molar-refractivity contribution in [2.75, 3.05) is 25.0 Å². The number of hydrogen-bond acceptors (Lipinski definition) is 7. The Morgan fingerprint density at radius 3 is 2.61 bits per heavy atom. The van der Waals surface area contributed by atoms with Crippen molar-refractivity contribution in [3.63, 3.8) is 0 Å². The Labute approximate surface area is 343 Å². The molecule has 1 fully saturated rings. The average Bonchev–Trinajstić information content (AvgIpc) is 3.83. The summed E-state index contributed by atoms with van der Waals surface area (Å²) >= 11 is 0. The fourth-order valence-electron chi connectivity index (χ4n) is 8.56. The van der Waals surface area contributed by atoms with Gasteiger partial charge >= 0.3 is 0 Å². The Morgan fingerprint density at radius 1 is 1.02 bits per heavy atom. The average molecular weight is 790 g/mol. The Balaban J connectivity index is 0.940. The van der Waals surface area contributed by atoms with Gasteiger partial charge in [0, 0.05) is 90.9 Å². The zero-order valence-electron chi connectivity index (χ0n) is 33.8. The largest absolute Gasteiger partial charge is 0.360 e. The first-order valence-electron chi connectivity index (χ1n) is 20.4. The van der Waals surface area contributed by atoms with Crippen LogP contribution in [0.25, 0.3) is 22.0 Å². The van der Waals surface area contributed by atoms with Crippen LogP contribution in [-0.4, -0.2) is 70.6 Å². The van der Waals surface area contributed by atoms with Crippen LogP contribution in [0, 0.1) is 11.8 Å². The summed E-state index contributed by atoms with van der Waals surface area (Å²) in [4.78, 5) is 74.9. The Kier molecular flexibility index (Phi) is 10.8. The number of aromatic nitrogens is 2. The molecular weight excluding hydrogens is 743 g/mol. The lowest BCUT2D eigenvalue weighted by molar-refractivity contribution is -0.136. The third-order valence-electron chi connectivity index (χ3n) is 11.7. The van der Waals surface area contributed by atoms with E-state index in [0.29, 0.717) is 41.8 Å². The molecule has 0 radical (unpaired) electrons. The van der Waals surface area contributed by atoms with E-state index in [1.807, 2.05) is 12.1 Å². The molecule has 3 aromatic carbocycles. The predicted octanol–water partition coefficient (Wildman–Crippen LogP) is 6.29. The van der Waals surface area contributed by atoms with Crippen molar-refractivity contribution < 1.29 is 24.0 Å². The minimum Gasteiger partial charge on any atom is -0.360 e. The number of imide groups is 1. The molecule has 0 bridgehead atoms. The van der Waals surface area contributed by atoms with E-state index in [0.717, 1.165) is 59.1 Å². The highest BCUT2D eigenvalue weighted by Crippen LogP contribution is 2.41. The second-order valence-corrected chi connectivity index (χ2v) is 15.6. The van der Waals surface area contributed by atoms with E-state index in [-0.39, 0.29) is 42.5 Å². The molecule has 300 valence electrons. The van der Waals surface area contributed by atoms with E-state index < -0.39 is 11.9 Å². The SMILES string of the molecule is CCc1cc2c(cc1-c1ccc(C(=O)NCCC#Cc3cccc4c3CN(C3CCC(=O)NC3=O)C4=O)nc1)CCCN2c1cc(C(C)C)c2[nH]cc(C(=O)NC)c2c1. The van der Waals surface area contributed by atoms with Gasteiger partial charge in [0.05, 0.1) is 5.56 Å². The standard InChI is InChI=1S/C47H47N7O5/c1-5-28-21-41-30(12-9-19-53(41)32-22-34(27(2)3)43-36(23-32)37(25-51-43)44(56)48-4)20-35(28)31-14-15-39(50-24-31)45(57)49-18-7-6-10-29-11-8-13-33-38(29)26-54(47(33)59)40-16-17-42(55)52-46(40)58/h8,11,13-15,20-25,27,40,51H,5,7,9,12,16-19,26H2,1-4H3,(H,48,56)(H,49,57)(H,52,55,58). The van der Waals surface area contributed by atoms with Crippen LogP contribution in [0.5, 0.6) is 0 Å². The van der Waals surface area contributed by atoms with E-state index in [2.05, 4.69) is 87.7 Å². The minimum atomic E-state index is -0.688. The number of carbonyl (C=O) groups is 5. The number of aromatic amines is 1. The smallest absolute Gasteiger partial charge is 0.269 e. The summed E-state index contributed by atoms with van der Waals surface area (Å²) in [5.41, 5.74) is 11.8. The first-order valence-corrected chi connectivity index (χ1v) is 20.4. The molecular formula is C47H47N7O5. The number of carbonyl (C=O) groups excluding carboxylic acids is 5. The number of anilines is 2. The number of rotatable bonds is 9. The number of amides is 5. The third-order valence-corrected chi connectivity index (χ3v) is 11.7. The van der Waals surface area contributed by atoms with Gasteiger partial charge in [-0.15, -0.1) is 0 Å². The molecule has 3 aliphatic heterocycles. The predicted molar refractivity (Wildman–Crippen MR) is 226 cm³/mol. The molecule has 5 heterocycles. The van der Waals surface area contributed by atoms with Crippen molar-refractivity contribution in [3.05, 3.63) is 112 Å². The van der Waals surface area contributed by atoms with Gasteiger partial charge in [0.2, 0.25) is 11.8 Å². The number of pyridine rings is 1. The van der Waals surface area contributed by atoms with Gasteiger partial charge in [-0.3, -0.25) is 34.3 Å². The van der Waals surface area contributed by atoms with Gasteiger partial charge in [-0.2, -0.15) is 0 Å². The lowest BCUT2D eigenvalue weighted by Crippen LogP contribution is -2.52. The van der Waals surface area contributed by atoms with Crippen LogP contribution in [0.4, 0.5) is 11.4 Å². The number of benzene rings is 3. The quantitative estimate of drug-likeness (QED) is 0.0777. The fraction of sp³-hybridized carbons (Fsp3) is 0.319. The number of piperidine rings is 1. The molecule has 1 unspecified atom stereocenters. The molecule has 12 nitrogen and oxygen atoms in total. The van der Waals surface area contributed by atoms with Crippen molar-refractivity contribution in [1.29, 1.82) is 0 Å². The van der Waals surface area contributed by atoms with Crippen LogP contribution in [0.2, 0.25) is 0 Å². The molecule has 3 aliphatic rings. The Bertz CT molecular complexity index is 2600. The van der Waals surface area contributed by atoms with Crippen molar-refractivity contribution >= 4 is 51.8 Å². The van der Waals surface area contributed by atoms with E-state index in [1.54, 1.807) is 37.6 Å². The lowest BCUT2D eigenvalue weighted by atomic mass is 9.90. The molecule has 5 aromatic rings. The molecule has 8 rings (SSSR count). The van der Waals surface area contributed by atoms with Gasteiger partial charge in [-0.25, -0.2) is 0 Å². The van der Waals surface area contributed by atoms with Crippen LogP contribution < -0.4 is 20.9 Å². The van der Waals surface area contributed by atoms with Crippen molar-refractivity contribution in [1.82, 2.24) is 30.8 Å². The molecule has 2 aromatic heterocycles. The molecule has 59 heavy (non-hydrogen) atoms. The summed E-state index contributed by atoms with van der Waals surface area (Å²) in [6.45, 7) is 7.93. The van der Waals surface area contributed by atoms with Crippen LogP contribution in [0.15, 0.2) is 67.0 Å². The highest BCUT2D eigenvalue weighted by atomic mass is 16.2. The van der Waals surface area contributed by atoms with E-state index >= 15 is 0 Å². The van der Waals surface area contributed by atoms with Crippen LogP contribution in [0.1, 0.15) is 111 Å². The van der Waals surface area contributed by atoms with E-state index in [1.165, 1.54) is 27.3 Å². The summed E-state index contributed by atoms with van der Waals surface area (Å²) in [6.07, 6.45) is 7.19. The number of H-pyrrole nitrogens is 1. The van der Waals surface area contributed by atoms with Crippen LogP contribution >= 0.6 is 0 Å². The molecule has 4 N–H and O–H groups in total. The number of nitrogens with zero attached hydrogens (tertiary/aromatic N) is 3. The third kappa shape index (κ3) is 7.44. The number of aryl methyl sites for hydroxylation is 2. The Hall–Kier alpha value is -6.74. The second kappa shape index (κ2) is 16.3. The van der Waals surface area contributed by atoms with Gasteiger partial charge in [0.1, 0.15) is 11.7 Å². The Morgan fingerprint density at radius 2 is 1.86 bits per heavy atom. The molecule has 0 spiro atoms. The summed E-state index contributed by atoms with van der Waals surface area (Å²) in [7, 11) is 1.66. The maximum absolute atomic E-state index is 13.1. The normalized spacial score (nSPS) is 16.1. The zero-order valence-corrected chi connectivity index (χ0v) is 33.8. The maximum Gasteiger partial charge on any atom is 0.269 e. The summed E-state index contributed by atoms with van der Waals surface area (Å²) in [5, 5.41) is 8.94. The van der Waals surface area contributed by atoms with E-state index in [9.17, 15) is 24.0 Å². The number of hydrogen-bond donors (Lipinski definition) is 4. The molecule has 0 aliphatic carbocycles. The first-order chi connectivity index (χ1) is 28.6. The molecule has 12 heteroatoms. The highest BCUT2D eigenvalue weighted by molar-refractivity contribution is 6.09. The molecule has 5 amide bonds. The minimum absolute atomic E-state index is 0.114. The second-order valence-electron chi connectivity index (χ2n) is 15.6. The monoisotopic (exact) mass is 789 g/mol. The maximum atomic E-state index is 13.1. The van der Waals surface area contributed by atoms with Gasteiger partial charge in [-0.05, 0) is 102 Å². The van der Waals surface area contributed by atoms with Crippen LogP contribution in [0.3, 0.4) is 0 Å². The van der Waals surface area contributed by atoms with Gasteiger partial charge in [0.15, 0.2) is 0 Å². The number of fused-ring (bicyclic) bond motifs is 3. The van der Waals surface area contributed by atoms with Crippen LogP contribution in [-0.2, 0) is 29.0 Å². The molecule has 1 saturated heterocycles. The highest BCUT2D eigenvalue weighted by Gasteiger charge is 2.39. The molecule has 0 saturated carbocycles.